The number of carbonyl (C=O) groups excluding carboxylic acids is 2. The van der Waals surface area contributed by atoms with Crippen molar-refractivity contribution in [1.29, 1.82) is 5.26 Å². The Kier molecular flexibility index (Phi) is 9.00. The summed E-state index contributed by atoms with van der Waals surface area (Å²) in [5.41, 5.74) is 1.26. The summed E-state index contributed by atoms with van der Waals surface area (Å²) in [5, 5.41) is 17.5. The Hall–Kier alpha value is -1.97. The lowest BCUT2D eigenvalue weighted by Crippen LogP contribution is -2.75. The van der Waals surface area contributed by atoms with Crippen molar-refractivity contribution in [2.45, 2.75) is 85.2 Å². The van der Waals surface area contributed by atoms with Gasteiger partial charge in [0.1, 0.15) is 0 Å². The molecule has 5 aliphatic rings. The molecular formula is C31H41ClN6O3S. The van der Waals surface area contributed by atoms with E-state index in [0.717, 1.165) is 43.5 Å². The maximum atomic E-state index is 14.5. The lowest BCUT2D eigenvalue weighted by molar-refractivity contribution is -0.145. The highest BCUT2D eigenvalue weighted by Crippen LogP contribution is 2.51. The van der Waals surface area contributed by atoms with Gasteiger partial charge in [-0.3, -0.25) is 25.1 Å². The normalized spacial score (nSPS) is 35.5. The van der Waals surface area contributed by atoms with E-state index in [-0.39, 0.29) is 42.3 Å². The number of aryl methyl sites for hydroxylation is 1. The topological polar surface area (TPSA) is 101 Å². The first-order valence-electron chi connectivity index (χ1n) is 15.2. The highest BCUT2D eigenvalue weighted by Gasteiger charge is 2.55. The van der Waals surface area contributed by atoms with Crippen LogP contribution in [0.15, 0.2) is 35.7 Å². The van der Waals surface area contributed by atoms with Crippen LogP contribution in [-0.2, 0) is 20.7 Å². The summed E-state index contributed by atoms with van der Waals surface area (Å²) in [6.07, 6.45) is 6.65. The summed E-state index contributed by atoms with van der Waals surface area (Å²) in [4.78, 5) is 34.6. The molecule has 1 aromatic carbocycles. The van der Waals surface area contributed by atoms with Crippen molar-refractivity contribution in [2.75, 3.05) is 39.8 Å². The number of hydrogen-bond donors (Lipinski definition) is 2. The van der Waals surface area contributed by atoms with Crippen LogP contribution in [-0.4, -0.2) is 102 Å². The minimum absolute atomic E-state index is 0.0443. The molecule has 1 saturated carbocycles. The largest absolute Gasteiger partial charge is 0.348 e. The number of hydrogen-bond acceptors (Lipinski definition) is 9. The molecule has 4 aliphatic heterocycles. The molecule has 226 valence electrons. The minimum Gasteiger partial charge on any atom is -0.348 e. The van der Waals surface area contributed by atoms with Crippen molar-refractivity contribution in [1.82, 2.24) is 25.3 Å². The van der Waals surface area contributed by atoms with Crippen LogP contribution in [0.25, 0.3) is 0 Å². The zero-order chi connectivity index (χ0) is 29.4. The fourth-order valence-electron chi connectivity index (χ4n) is 7.66. The number of benzene rings is 1. The summed E-state index contributed by atoms with van der Waals surface area (Å²) < 4.78 is 5.97. The van der Waals surface area contributed by atoms with Crippen molar-refractivity contribution in [3.8, 4) is 6.07 Å². The average molecular weight is 613 g/mol. The van der Waals surface area contributed by atoms with Gasteiger partial charge in [0.05, 0.1) is 42.1 Å². The van der Waals surface area contributed by atoms with E-state index in [1.54, 1.807) is 16.7 Å². The molecule has 1 aromatic rings. The van der Waals surface area contributed by atoms with Gasteiger partial charge in [0.2, 0.25) is 5.91 Å². The Morgan fingerprint density at radius 2 is 2.12 bits per heavy atom. The Balaban J connectivity index is 1.24. The van der Waals surface area contributed by atoms with E-state index in [0.29, 0.717) is 37.3 Å². The number of piperazine rings is 1. The molecule has 0 bridgehead atoms. The van der Waals surface area contributed by atoms with E-state index in [2.05, 4.69) is 46.2 Å². The monoisotopic (exact) mass is 612 g/mol. The molecule has 11 heteroatoms. The Labute approximate surface area is 257 Å². The highest BCUT2D eigenvalue weighted by molar-refractivity contribution is 8.01. The standard InChI is InChI=1S/C31H41ClN6O3S/c1-3-26(39)38-16-15-37(18-22(38)10-13-33)29-24-9-12-31(11-8-20-6-7-21(32)17-25(20)42-31)28(40)27(24)34-30(35-29)41-19-23-5-4-14-36(23)2/h3,6-7,17,22-24,27,29-30,34-35H,1,4-5,8-12,14-16,18-19H2,2H3/t22?,23?,24?,27?,29?,30?,31-/m1/s1. The van der Waals surface area contributed by atoms with Crippen LogP contribution in [0, 0.1) is 17.2 Å². The fraction of sp³-hybridized carbons (Fsp3) is 0.645. The lowest BCUT2D eigenvalue weighted by Gasteiger charge is -2.55. The number of ether oxygens (including phenoxy) is 1. The van der Waals surface area contributed by atoms with Gasteiger partial charge >= 0.3 is 0 Å². The van der Waals surface area contributed by atoms with E-state index in [1.807, 2.05) is 12.1 Å². The molecule has 42 heavy (non-hydrogen) atoms. The summed E-state index contributed by atoms with van der Waals surface area (Å²) >= 11 is 8.05. The van der Waals surface area contributed by atoms with E-state index in [1.165, 1.54) is 18.1 Å². The third kappa shape index (κ3) is 5.77. The quantitative estimate of drug-likeness (QED) is 0.470. The Morgan fingerprint density at radius 3 is 2.88 bits per heavy atom. The van der Waals surface area contributed by atoms with Crippen molar-refractivity contribution in [3.05, 3.63) is 41.4 Å². The first-order chi connectivity index (χ1) is 20.3. The zero-order valence-electron chi connectivity index (χ0n) is 24.3. The van der Waals surface area contributed by atoms with E-state index in [9.17, 15) is 14.9 Å². The smallest absolute Gasteiger partial charge is 0.246 e. The van der Waals surface area contributed by atoms with E-state index < -0.39 is 11.1 Å². The SMILES string of the molecule is C=CC(=O)N1CCN(C2NC(OCC3CCCN3C)NC3C(=O)[C@@]4(CCc5ccc(Cl)cc5S4)CCC32)CC1CC#N. The van der Waals surface area contributed by atoms with Crippen LogP contribution in [0.3, 0.4) is 0 Å². The number of Topliss-reactive ketones (excluding diaryl/α,β-unsaturated/α-hetero) is 1. The van der Waals surface area contributed by atoms with Crippen LogP contribution < -0.4 is 10.6 Å². The first kappa shape index (κ1) is 30.1. The number of amides is 1. The molecule has 1 aliphatic carbocycles. The van der Waals surface area contributed by atoms with Crippen molar-refractivity contribution < 1.29 is 14.3 Å². The molecule has 9 nitrogen and oxygen atoms in total. The zero-order valence-corrected chi connectivity index (χ0v) is 25.8. The number of carbonyl (C=O) groups is 2. The number of likely N-dealkylation sites (tertiary alicyclic amines) is 1. The maximum Gasteiger partial charge on any atom is 0.246 e. The lowest BCUT2D eigenvalue weighted by atomic mass is 9.72. The van der Waals surface area contributed by atoms with Gasteiger partial charge in [0.25, 0.3) is 0 Å². The van der Waals surface area contributed by atoms with E-state index >= 15 is 0 Å². The first-order valence-corrected chi connectivity index (χ1v) is 16.4. The van der Waals surface area contributed by atoms with E-state index in [4.69, 9.17) is 16.3 Å². The second-order valence-corrected chi connectivity index (χ2v) is 14.3. The van der Waals surface area contributed by atoms with Gasteiger partial charge in [-0.1, -0.05) is 24.2 Å². The molecule has 2 N–H and O–H groups in total. The number of nitrogens with one attached hydrogen (secondary N) is 2. The third-order valence-electron chi connectivity index (χ3n) is 10.1. The molecule has 1 spiro atoms. The highest BCUT2D eigenvalue weighted by atomic mass is 35.5. The van der Waals surface area contributed by atoms with Crippen molar-refractivity contribution in [2.24, 2.45) is 5.92 Å². The van der Waals surface area contributed by atoms with Gasteiger partial charge < -0.3 is 14.5 Å². The summed E-state index contributed by atoms with van der Waals surface area (Å²) in [7, 11) is 2.14. The number of nitriles is 1. The molecule has 4 fully saturated rings. The number of nitrogens with zero attached hydrogens (tertiary/aromatic N) is 4. The fourth-order valence-corrected chi connectivity index (χ4v) is 9.46. The number of ketones is 1. The minimum atomic E-state index is -0.484. The summed E-state index contributed by atoms with van der Waals surface area (Å²) in [5.74, 6) is 0.154. The predicted octanol–water partition coefficient (Wildman–Crippen LogP) is 2.99. The number of fused-ring (bicyclic) bond motifs is 2. The van der Waals surface area contributed by atoms with Gasteiger partial charge in [-0.15, -0.1) is 11.8 Å². The van der Waals surface area contributed by atoms with Gasteiger partial charge in [0.15, 0.2) is 12.1 Å². The molecule has 0 radical (unpaired) electrons. The van der Waals surface area contributed by atoms with Crippen LogP contribution in [0.4, 0.5) is 0 Å². The van der Waals surface area contributed by atoms with Crippen LogP contribution >= 0.6 is 23.4 Å². The van der Waals surface area contributed by atoms with Crippen molar-refractivity contribution in [3.63, 3.8) is 0 Å². The molecule has 3 saturated heterocycles. The van der Waals surface area contributed by atoms with Gasteiger partial charge in [0, 0.05) is 41.5 Å². The van der Waals surface area contributed by atoms with Crippen LogP contribution in [0.1, 0.15) is 44.1 Å². The molecule has 0 aromatic heterocycles. The third-order valence-corrected chi connectivity index (χ3v) is 11.9. The summed E-state index contributed by atoms with van der Waals surface area (Å²) in [6, 6.07) is 8.07. The van der Waals surface area contributed by atoms with Crippen molar-refractivity contribution >= 4 is 35.1 Å². The second-order valence-electron chi connectivity index (χ2n) is 12.4. The number of halogens is 1. The molecule has 6 unspecified atom stereocenters. The van der Waals surface area contributed by atoms with Crippen LogP contribution in [0.2, 0.25) is 5.02 Å². The predicted molar refractivity (Wildman–Crippen MR) is 163 cm³/mol. The molecule has 7 atom stereocenters. The summed E-state index contributed by atoms with van der Waals surface area (Å²) in [6.45, 7) is 7.05. The maximum absolute atomic E-state index is 14.5. The van der Waals surface area contributed by atoms with Crippen LogP contribution in [0.5, 0.6) is 0 Å². The molecule has 4 heterocycles. The van der Waals surface area contributed by atoms with Gasteiger partial charge in [-0.05, 0) is 75.9 Å². The Morgan fingerprint density at radius 1 is 1.26 bits per heavy atom. The number of thioether (sulfide) groups is 1. The number of rotatable bonds is 6. The Bertz CT molecular complexity index is 1260. The second kappa shape index (κ2) is 12.6. The number of likely N-dealkylation sites (N-methyl/N-ethyl adjacent to an activating group) is 1. The van der Waals surface area contributed by atoms with Gasteiger partial charge in [-0.2, -0.15) is 5.26 Å². The molecular weight excluding hydrogens is 572 g/mol. The average Bonchev–Trinajstić information content (AvgIpc) is 3.41. The van der Waals surface area contributed by atoms with Gasteiger partial charge in [-0.25, -0.2) is 0 Å². The molecule has 1 amide bonds. The molecule has 6 rings (SSSR count).